The molecule has 0 saturated heterocycles. The second kappa shape index (κ2) is 7.52. The van der Waals surface area contributed by atoms with E-state index >= 15 is 0 Å². The lowest BCUT2D eigenvalue weighted by Crippen LogP contribution is -2.32. The molecule has 1 aromatic heterocycles. The van der Waals surface area contributed by atoms with Crippen LogP contribution in [-0.2, 0) is 19.5 Å². The van der Waals surface area contributed by atoms with Crippen molar-refractivity contribution in [2.45, 2.75) is 26.4 Å². The largest absolute Gasteiger partial charge is 0.350 e. The molecule has 1 aliphatic heterocycles. The topological polar surface area (TPSA) is 45.2 Å². The minimum atomic E-state index is 0.688. The number of hydrogen-bond acceptors (Lipinski definition) is 5. The Labute approximate surface area is 154 Å². The summed E-state index contributed by atoms with van der Waals surface area (Å²) >= 11 is 0. The number of benzene rings is 2. The molecule has 132 valence electrons. The summed E-state index contributed by atoms with van der Waals surface area (Å²) in [7, 11) is 0. The number of hydrogen-bond donors (Lipinski definition) is 0. The second-order valence-corrected chi connectivity index (χ2v) is 6.55. The zero-order valence-corrected chi connectivity index (χ0v) is 15.0. The molecule has 0 fully saturated rings. The molecule has 5 heteroatoms. The zero-order valence-electron chi connectivity index (χ0n) is 15.0. The molecule has 0 N–H and O–H groups in total. The van der Waals surface area contributed by atoms with E-state index in [0.29, 0.717) is 5.95 Å². The average Bonchev–Trinajstić information content (AvgIpc) is 2.72. The van der Waals surface area contributed by atoms with Gasteiger partial charge in [0, 0.05) is 26.2 Å². The van der Waals surface area contributed by atoms with Crippen LogP contribution in [0.15, 0.2) is 60.8 Å². The Morgan fingerprint density at radius 1 is 1.00 bits per heavy atom. The maximum Gasteiger partial charge on any atom is 0.247 e. The first-order valence-electron chi connectivity index (χ1n) is 9.14. The van der Waals surface area contributed by atoms with Crippen LogP contribution in [-0.4, -0.2) is 28.3 Å². The van der Waals surface area contributed by atoms with Crippen LogP contribution < -0.4 is 9.80 Å². The fourth-order valence-corrected chi connectivity index (χ4v) is 3.39. The van der Waals surface area contributed by atoms with Crippen molar-refractivity contribution in [3.05, 3.63) is 77.5 Å². The van der Waals surface area contributed by atoms with E-state index < -0.39 is 0 Å². The summed E-state index contributed by atoms with van der Waals surface area (Å²) in [4.78, 5) is 9.26. The van der Waals surface area contributed by atoms with E-state index in [9.17, 15) is 0 Å². The zero-order chi connectivity index (χ0) is 17.8. The molecule has 0 atom stereocenters. The van der Waals surface area contributed by atoms with E-state index in [4.69, 9.17) is 4.98 Å². The summed E-state index contributed by atoms with van der Waals surface area (Å²) in [6, 6.07) is 19.0. The third-order valence-corrected chi connectivity index (χ3v) is 4.87. The third-order valence-electron chi connectivity index (χ3n) is 4.87. The molecule has 1 aliphatic rings. The number of nitrogens with zero attached hydrogens (tertiary/aromatic N) is 5. The SMILES string of the molecule is CCN(Cc1ccccc1)c1nncc(N2CCc3ccccc3C2)n1. The molecule has 26 heavy (non-hydrogen) atoms. The Bertz CT molecular complexity index is 848. The van der Waals surface area contributed by atoms with Crippen molar-refractivity contribution in [2.24, 2.45) is 0 Å². The Hall–Kier alpha value is -2.95. The average molecular weight is 345 g/mol. The summed E-state index contributed by atoms with van der Waals surface area (Å²) < 4.78 is 0. The summed E-state index contributed by atoms with van der Waals surface area (Å²) in [5.41, 5.74) is 4.05. The highest BCUT2D eigenvalue weighted by Crippen LogP contribution is 2.23. The van der Waals surface area contributed by atoms with Gasteiger partial charge in [0.05, 0.1) is 6.20 Å². The second-order valence-electron chi connectivity index (χ2n) is 6.55. The number of anilines is 2. The molecule has 2 aromatic carbocycles. The molecule has 0 bridgehead atoms. The van der Waals surface area contributed by atoms with Crippen LogP contribution in [0.25, 0.3) is 0 Å². The van der Waals surface area contributed by atoms with Gasteiger partial charge in [0.25, 0.3) is 0 Å². The molecule has 3 aromatic rings. The predicted octanol–water partition coefficient (Wildman–Crippen LogP) is 3.46. The van der Waals surface area contributed by atoms with Gasteiger partial charge in [0.15, 0.2) is 5.82 Å². The predicted molar refractivity (Wildman–Crippen MR) is 104 cm³/mol. The lowest BCUT2D eigenvalue weighted by molar-refractivity contribution is 0.703. The van der Waals surface area contributed by atoms with Crippen molar-refractivity contribution in [1.82, 2.24) is 15.2 Å². The quantitative estimate of drug-likeness (QED) is 0.709. The van der Waals surface area contributed by atoms with Gasteiger partial charge in [-0.15, -0.1) is 5.10 Å². The smallest absolute Gasteiger partial charge is 0.247 e. The van der Waals surface area contributed by atoms with Crippen LogP contribution in [0.2, 0.25) is 0 Å². The van der Waals surface area contributed by atoms with Crippen molar-refractivity contribution >= 4 is 11.8 Å². The lowest BCUT2D eigenvalue weighted by Gasteiger charge is -2.30. The van der Waals surface area contributed by atoms with Crippen molar-refractivity contribution in [3.8, 4) is 0 Å². The molecule has 5 nitrogen and oxygen atoms in total. The number of aromatic nitrogens is 3. The van der Waals surface area contributed by atoms with E-state index in [2.05, 4.69) is 75.5 Å². The fourth-order valence-electron chi connectivity index (χ4n) is 3.39. The molecule has 0 amide bonds. The van der Waals surface area contributed by atoms with Gasteiger partial charge < -0.3 is 9.80 Å². The minimum absolute atomic E-state index is 0.688. The molecule has 0 unspecified atom stereocenters. The highest BCUT2D eigenvalue weighted by Gasteiger charge is 2.19. The van der Waals surface area contributed by atoms with Gasteiger partial charge in [0.1, 0.15) is 0 Å². The van der Waals surface area contributed by atoms with Crippen molar-refractivity contribution in [3.63, 3.8) is 0 Å². The van der Waals surface area contributed by atoms with Crippen LogP contribution in [0.1, 0.15) is 23.6 Å². The standard InChI is InChI=1S/C21H23N5/c1-2-25(15-17-8-4-3-5-9-17)21-23-20(14-22-24-21)26-13-12-18-10-6-7-11-19(18)16-26/h3-11,14H,2,12-13,15-16H2,1H3. The van der Waals surface area contributed by atoms with E-state index in [-0.39, 0.29) is 0 Å². The Balaban J connectivity index is 1.54. The molecule has 0 aliphatic carbocycles. The van der Waals surface area contributed by atoms with Gasteiger partial charge in [0.2, 0.25) is 5.95 Å². The minimum Gasteiger partial charge on any atom is -0.350 e. The number of fused-ring (bicyclic) bond motifs is 1. The third kappa shape index (κ3) is 3.52. The van der Waals surface area contributed by atoms with Crippen LogP contribution in [0.4, 0.5) is 11.8 Å². The Kier molecular flexibility index (Phi) is 4.78. The fraction of sp³-hybridized carbons (Fsp3) is 0.286. The molecule has 0 spiro atoms. The summed E-state index contributed by atoms with van der Waals surface area (Å²) in [5, 5.41) is 8.51. The van der Waals surface area contributed by atoms with E-state index in [1.54, 1.807) is 6.20 Å². The molecular weight excluding hydrogens is 322 g/mol. The highest BCUT2D eigenvalue weighted by molar-refractivity contribution is 5.46. The van der Waals surface area contributed by atoms with Crippen LogP contribution in [0, 0.1) is 0 Å². The van der Waals surface area contributed by atoms with Gasteiger partial charge in [-0.3, -0.25) is 0 Å². The van der Waals surface area contributed by atoms with Gasteiger partial charge >= 0.3 is 0 Å². The maximum absolute atomic E-state index is 4.81. The van der Waals surface area contributed by atoms with Crippen LogP contribution >= 0.6 is 0 Å². The Morgan fingerprint density at radius 3 is 2.58 bits per heavy atom. The van der Waals surface area contributed by atoms with Gasteiger partial charge in [-0.25, -0.2) is 0 Å². The first kappa shape index (κ1) is 16.5. The normalized spacial score (nSPS) is 13.3. The monoisotopic (exact) mass is 345 g/mol. The van der Waals surface area contributed by atoms with E-state index in [1.807, 2.05) is 6.07 Å². The van der Waals surface area contributed by atoms with Crippen molar-refractivity contribution < 1.29 is 0 Å². The summed E-state index contributed by atoms with van der Waals surface area (Å²) in [6.07, 6.45) is 2.81. The molecule has 2 heterocycles. The van der Waals surface area contributed by atoms with Crippen LogP contribution in [0.3, 0.4) is 0 Å². The molecule has 0 radical (unpaired) electrons. The maximum atomic E-state index is 4.81. The first-order valence-corrected chi connectivity index (χ1v) is 9.14. The van der Waals surface area contributed by atoms with Gasteiger partial charge in [-0.05, 0) is 30.0 Å². The lowest BCUT2D eigenvalue weighted by atomic mass is 10.0. The Morgan fingerprint density at radius 2 is 1.77 bits per heavy atom. The van der Waals surface area contributed by atoms with Gasteiger partial charge in [-0.2, -0.15) is 10.1 Å². The molecule has 0 saturated carbocycles. The van der Waals surface area contributed by atoms with Crippen molar-refractivity contribution in [2.75, 3.05) is 22.9 Å². The molecular formula is C21H23N5. The van der Waals surface area contributed by atoms with E-state index in [1.165, 1.54) is 16.7 Å². The summed E-state index contributed by atoms with van der Waals surface area (Å²) in [6.45, 7) is 5.57. The van der Waals surface area contributed by atoms with Crippen LogP contribution in [0.5, 0.6) is 0 Å². The first-order chi connectivity index (χ1) is 12.8. The van der Waals surface area contributed by atoms with Crippen molar-refractivity contribution in [1.29, 1.82) is 0 Å². The van der Waals surface area contributed by atoms with Gasteiger partial charge in [-0.1, -0.05) is 54.6 Å². The molecule has 4 rings (SSSR count). The summed E-state index contributed by atoms with van der Waals surface area (Å²) in [5.74, 6) is 1.59. The highest BCUT2D eigenvalue weighted by atomic mass is 15.3. The van der Waals surface area contributed by atoms with E-state index in [0.717, 1.165) is 38.4 Å². The number of rotatable bonds is 5.